The molecule has 0 aromatic heterocycles. The van der Waals surface area contributed by atoms with Crippen LogP contribution in [0.1, 0.15) is 13.8 Å². The molecule has 6 nitrogen and oxygen atoms in total. The van der Waals surface area contributed by atoms with Crippen molar-refractivity contribution < 1.29 is 23.9 Å². The molecule has 0 aromatic rings. The lowest BCUT2D eigenvalue weighted by atomic mass is 10.4. The fourth-order valence-electron chi connectivity index (χ4n) is 1.11. The Hall–Kier alpha value is -1.76. The fraction of sp³-hybridized carbons (Fsp3) is 0.364. The summed E-state index contributed by atoms with van der Waals surface area (Å²) in [7, 11) is 0. The van der Waals surface area contributed by atoms with Crippen molar-refractivity contribution in [2.45, 2.75) is 13.8 Å². The molecular formula is C11H13NO5S. The van der Waals surface area contributed by atoms with Crippen LogP contribution in [0.15, 0.2) is 22.1 Å². The molecule has 0 radical (unpaired) electrons. The van der Waals surface area contributed by atoms with Crippen LogP contribution in [0, 0.1) is 0 Å². The van der Waals surface area contributed by atoms with E-state index in [0.29, 0.717) is 0 Å². The molecule has 0 atom stereocenters. The Kier molecular flexibility index (Phi) is 5.44. The molecule has 0 saturated heterocycles. The number of carbonyl (C=O) groups excluding carboxylic acids is 3. The van der Waals surface area contributed by atoms with Gasteiger partial charge >= 0.3 is 11.9 Å². The number of ether oxygens (including phenoxy) is 2. The van der Waals surface area contributed by atoms with Gasteiger partial charge in [0.2, 0.25) is 5.91 Å². The van der Waals surface area contributed by atoms with Gasteiger partial charge < -0.3 is 14.8 Å². The van der Waals surface area contributed by atoms with Crippen molar-refractivity contribution in [2.24, 2.45) is 0 Å². The summed E-state index contributed by atoms with van der Waals surface area (Å²) in [5, 5.41) is 2.67. The molecule has 0 unspecified atom stereocenters. The Morgan fingerprint density at radius 2 is 2.00 bits per heavy atom. The molecule has 1 aliphatic heterocycles. The first-order valence-electron chi connectivity index (χ1n) is 5.33. The minimum atomic E-state index is -0.591. The standard InChI is InChI=1S/C11H13NO5S/c1-3-16-10(14)6-9-12-8(13)5-7(18-9)11(15)17-4-2/h5-6H,3-4H2,1-2H3,(H,12,13). The topological polar surface area (TPSA) is 81.7 Å². The zero-order valence-electron chi connectivity index (χ0n) is 10.0. The minimum absolute atomic E-state index is 0.135. The van der Waals surface area contributed by atoms with E-state index in [9.17, 15) is 14.4 Å². The monoisotopic (exact) mass is 271 g/mol. The van der Waals surface area contributed by atoms with Gasteiger partial charge in [0.15, 0.2) is 0 Å². The van der Waals surface area contributed by atoms with Gasteiger partial charge in [0.05, 0.1) is 24.3 Å². The zero-order valence-corrected chi connectivity index (χ0v) is 10.8. The molecule has 1 N–H and O–H groups in total. The number of esters is 2. The molecule has 98 valence electrons. The minimum Gasteiger partial charge on any atom is -0.463 e. The lowest BCUT2D eigenvalue weighted by molar-refractivity contribution is -0.138. The number of hydrogen-bond acceptors (Lipinski definition) is 6. The fourth-order valence-corrected chi connectivity index (χ4v) is 1.96. The van der Waals surface area contributed by atoms with Crippen molar-refractivity contribution in [3.8, 4) is 0 Å². The number of rotatable bonds is 4. The highest BCUT2D eigenvalue weighted by Gasteiger charge is 2.22. The van der Waals surface area contributed by atoms with E-state index in [-0.39, 0.29) is 23.1 Å². The first kappa shape index (κ1) is 14.3. The average molecular weight is 271 g/mol. The third kappa shape index (κ3) is 4.25. The Morgan fingerprint density at radius 3 is 2.61 bits per heavy atom. The molecule has 1 aliphatic rings. The van der Waals surface area contributed by atoms with Crippen molar-refractivity contribution in [1.29, 1.82) is 0 Å². The highest BCUT2D eigenvalue weighted by Crippen LogP contribution is 2.27. The van der Waals surface area contributed by atoms with Crippen LogP contribution >= 0.6 is 11.8 Å². The normalized spacial score (nSPS) is 16.9. The van der Waals surface area contributed by atoms with Gasteiger partial charge in [0.1, 0.15) is 4.91 Å². The van der Waals surface area contributed by atoms with Crippen molar-refractivity contribution in [2.75, 3.05) is 13.2 Å². The second kappa shape index (κ2) is 6.85. The summed E-state index contributed by atoms with van der Waals surface area (Å²) in [5.41, 5.74) is 0. The number of carbonyl (C=O) groups is 3. The summed E-state index contributed by atoms with van der Waals surface area (Å²) >= 11 is 0.952. The Balaban J connectivity index is 2.78. The highest BCUT2D eigenvalue weighted by molar-refractivity contribution is 8.07. The first-order valence-corrected chi connectivity index (χ1v) is 6.14. The molecule has 7 heteroatoms. The summed E-state index contributed by atoms with van der Waals surface area (Å²) in [4.78, 5) is 34.2. The van der Waals surface area contributed by atoms with E-state index in [1.54, 1.807) is 13.8 Å². The van der Waals surface area contributed by atoms with E-state index in [2.05, 4.69) is 5.32 Å². The molecule has 1 rings (SSSR count). The van der Waals surface area contributed by atoms with Crippen molar-refractivity contribution in [1.82, 2.24) is 5.32 Å². The molecule has 0 fully saturated rings. The predicted octanol–water partition coefficient (Wildman–Crippen LogP) is 0.701. The zero-order chi connectivity index (χ0) is 13.5. The second-order valence-corrected chi connectivity index (χ2v) is 4.16. The SMILES string of the molecule is CCOC(=O)C=C1NC(=O)C=C(C(=O)OCC)S1. The van der Waals surface area contributed by atoms with Crippen molar-refractivity contribution >= 4 is 29.6 Å². The van der Waals surface area contributed by atoms with E-state index in [1.165, 1.54) is 0 Å². The maximum atomic E-state index is 11.5. The molecule has 0 spiro atoms. The third-order valence-electron chi connectivity index (χ3n) is 1.74. The van der Waals surface area contributed by atoms with Crippen LogP contribution in [0.2, 0.25) is 0 Å². The number of hydrogen-bond donors (Lipinski definition) is 1. The third-order valence-corrected chi connectivity index (χ3v) is 2.68. The van der Waals surface area contributed by atoms with Gasteiger partial charge in [-0.15, -0.1) is 0 Å². The Labute approximate surface area is 108 Å². The van der Waals surface area contributed by atoms with Gasteiger partial charge in [-0.25, -0.2) is 9.59 Å². The van der Waals surface area contributed by atoms with Crippen LogP contribution in [0.5, 0.6) is 0 Å². The molecule has 1 amide bonds. The molecule has 18 heavy (non-hydrogen) atoms. The van der Waals surface area contributed by atoms with Crippen LogP contribution in [0.4, 0.5) is 0 Å². The second-order valence-electron chi connectivity index (χ2n) is 3.08. The predicted molar refractivity (Wildman–Crippen MR) is 65.2 cm³/mol. The van der Waals surface area contributed by atoms with Crippen LogP contribution in [-0.2, 0) is 23.9 Å². The maximum absolute atomic E-state index is 11.5. The van der Waals surface area contributed by atoms with E-state index in [1.807, 2.05) is 0 Å². The number of amides is 1. The highest BCUT2D eigenvalue weighted by atomic mass is 32.2. The van der Waals surface area contributed by atoms with E-state index in [0.717, 1.165) is 23.9 Å². The van der Waals surface area contributed by atoms with E-state index in [4.69, 9.17) is 9.47 Å². The lowest BCUT2D eigenvalue weighted by Crippen LogP contribution is -2.25. The van der Waals surface area contributed by atoms with Gasteiger partial charge in [0, 0.05) is 6.08 Å². The van der Waals surface area contributed by atoms with Gasteiger partial charge in [-0.2, -0.15) is 0 Å². The molecule has 0 aliphatic carbocycles. The summed E-state index contributed by atoms with van der Waals surface area (Å²) in [6.45, 7) is 3.80. The Morgan fingerprint density at radius 1 is 1.33 bits per heavy atom. The van der Waals surface area contributed by atoms with Crippen molar-refractivity contribution in [3.05, 3.63) is 22.1 Å². The average Bonchev–Trinajstić information content (AvgIpc) is 2.28. The van der Waals surface area contributed by atoms with E-state index < -0.39 is 17.8 Å². The molecule has 0 aromatic carbocycles. The summed E-state index contributed by atoms with van der Waals surface area (Å²) in [6.07, 6.45) is 2.25. The van der Waals surface area contributed by atoms with Crippen LogP contribution < -0.4 is 5.32 Å². The number of thioether (sulfide) groups is 1. The molecule has 0 bridgehead atoms. The largest absolute Gasteiger partial charge is 0.463 e. The Bertz CT molecular complexity index is 427. The van der Waals surface area contributed by atoms with Crippen molar-refractivity contribution in [3.63, 3.8) is 0 Å². The van der Waals surface area contributed by atoms with Gasteiger partial charge in [-0.1, -0.05) is 11.8 Å². The quantitative estimate of drug-likeness (QED) is 0.599. The van der Waals surface area contributed by atoms with Gasteiger partial charge in [-0.3, -0.25) is 4.79 Å². The summed E-state index contributed by atoms with van der Waals surface area (Å²) in [5.74, 6) is -1.65. The summed E-state index contributed by atoms with van der Waals surface area (Å²) < 4.78 is 9.49. The summed E-state index contributed by atoms with van der Waals surface area (Å²) in [6, 6.07) is 0. The maximum Gasteiger partial charge on any atom is 0.345 e. The van der Waals surface area contributed by atoms with Gasteiger partial charge in [0.25, 0.3) is 0 Å². The molecule has 1 heterocycles. The van der Waals surface area contributed by atoms with E-state index >= 15 is 0 Å². The van der Waals surface area contributed by atoms with Crippen LogP contribution in [0.3, 0.4) is 0 Å². The first-order chi connectivity index (χ1) is 8.56. The van der Waals surface area contributed by atoms with Crippen LogP contribution in [0.25, 0.3) is 0 Å². The number of nitrogens with one attached hydrogen (secondary N) is 1. The molecule has 0 saturated carbocycles. The lowest BCUT2D eigenvalue weighted by Gasteiger charge is -2.14. The molecular weight excluding hydrogens is 258 g/mol. The van der Waals surface area contributed by atoms with Gasteiger partial charge in [-0.05, 0) is 13.8 Å². The van der Waals surface area contributed by atoms with Crippen LogP contribution in [-0.4, -0.2) is 31.1 Å². The smallest absolute Gasteiger partial charge is 0.345 e.